The van der Waals surface area contributed by atoms with Crippen LogP contribution in [0, 0.1) is 0 Å². The second-order valence-corrected chi connectivity index (χ2v) is 5.18. The fourth-order valence-corrected chi connectivity index (χ4v) is 2.17. The molecule has 3 rings (SSSR count). The second kappa shape index (κ2) is 7.40. The molecule has 0 aliphatic carbocycles. The van der Waals surface area contributed by atoms with Gasteiger partial charge in [0, 0.05) is 5.39 Å². The molecule has 116 valence electrons. The first-order chi connectivity index (χ1) is 11.3. The summed E-state index contributed by atoms with van der Waals surface area (Å²) >= 11 is 0. The smallest absolute Gasteiger partial charge is 0.146 e. The van der Waals surface area contributed by atoms with Crippen molar-refractivity contribution in [2.24, 2.45) is 5.10 Å². The van der Waals surface area contributed by atoms with Crippen molar-refractivity contribution in [3.05, 3.63) is 66.2 Å². The Labute approximate surface area is 135 Å². The molecular weight excluding hydrogens is 286 g/mol. The van der Waals surface area contributed by atoms with Crippen LogP contribution < -0.4 is 10.2 Å². The normalized spacial score (nSPS) is 11.0. The van der Waals surface area contributed by atoms with Gasteiger partial charge in [-0.05, 0) is 54.4 Å². The lowest BCUT2D eigenvalue weighted by atomic mass is 10.2. The molecule has 0 radical (unpaired) electrons. The average molecular weight is 305 g/mol. The van der Waals surface area contributed by atoms with E-state index >= 15 is 0 Å². The zero-order chi connectivity index (χ0) is 15.9. The molecular formula is C19H19N3O. The van der Waals surface area contributed by atoms with Gasteiger partial charge in [0.15, 0.2) is 0 Å². The second-order valence-electron chi connectivity index (χ2n) is 5.18. The van der Waals surface area contributed by atoms with Gasteiger partial charge in [-0.2, -0.15) is 5.10 Å². The van der Waals surface area contributed by atoms with Gasteiger partial charge in [0.25, 0.3) is 0 Å². The summed E-state index contributed by atoms with van der Waals surface area (Å²) in [4.78, 5) is 4.51. The van der Waals surface area contributed by atoms with E-state index < -0.39 is 0 Å². The number of aromatic nitrogens is 1. The van der Waals surface area contributed by atoms with Gasteiger partial charge < -0.3 is 4.74 Å². The molecule has 0 saturated heterocycles. The van der Waals surface area contributed by atoms with Crippen LogP contribution >= 0.6 is 0 Å². The molecule has 3 aromatic rings. The number of fused-ring (bicyclic) bond motifs is 1. The Balaban J connectivity index is 1.63. The first-order valence-electron chi connectivity index (χ1n) is 7.73. The monoisotopic (exact) mass is 305 g/mol. The molecule has 0 aliphatic rings. The zero-order valence-electron chi connectivity index (χ0n) is 13.1. The van der Waals surface area contributed by atoms with Crippen LogP contribution in [0.5, 0.6) is 5.75 Å². The number of pyridine rings is 1. The van der Waals surface area contributed by atoms with Gasteiger partial charge in [-0.15, -0.1) is 0 Å². The maximum Gasteiger partial charge on any atom is 0.146 e. The largest absolute Gasteiger partial charge is 0.494 e. The van der Waals surface area contributed by atoms with Crippen LogP contribution in [0.25, 0.3) is 10.9 Å². The third kappa shape index (κ3) is 4.07. The molecule has 4 heteroatoms. The number of nitrogens with one attached hydrogen (secondary N) is 1. The Kier molecular flexibility index (Phi) is 4.84. The van der Waals surface area contributed by atoms with Crippen molar-refractivity contribution < 1.29 is 4.74 Å². The predicted octanol–water partition coefficient (Wildman–Crippen LogP) is 4.47. The van der Waals surface area contributed by atoms with Gasteiger partial charge in [-0.25, -0.2) is 4.98 Å². The molecule has 1 N–H and O–H groups in total. The minimum absolute atomic E-state index is 0.725. The SMILES string of the molecule is CCCOc1ccc(C=NNc2ccc3ccccc3n2)cc1. The Morgan fingerprint density at radius 3 is 2.70 bits per heavy atom. The molecule has 0 fully saturated rings. The minimum atomic E-state index is 0.725. The highest BCUT2D eigenvalue weighted by atomic mass is 16.5. The zero-order valence-corrected chi connectivity index (χ0v) is 13.1. The van der Waals surface area contributed by atoms with Gasteiger partial charge in [0.1, 0.15) is 11.6 Å². The van der Waals surface area contributed by atoms with E-state index in [1.807, 2.05) is 60.7 Å². The maximum absolute atomic E-state index is 5.55. The quantitative estimate of drug-likeness (QED) is 0.540. The lowest BCUT2D eigenvalue weighted by Crippen LogP contribution is -1.95. The van der Waals surface area contributed by atoms with Crippen molar-refractivity contribution in [2.45, 2.75) is 13.3 Å². The van der Waals surface area contributed by atoms with Crippen molar-refractivity contribution in [1.82, 2.24) is 4.98 Å². The Morgan fingerprint density at radius 1 is 1.04 bits per heavy atom. The standard InChI is InChI=1S/C19H19N3O/c1-2-13-23-17-10-7-15(8-11-17)14-20-22-19-12-9-16-5-3-4-6-18(16)21-19/h3-12,14H,2,13H2,1H3,(H,21,22). The topological polar surface area (TPSA) is 46.5 Å². The van der Waals surface area contributed by atoms with Gasteiger partial charge in [0.05, 0.1) is 18.3 Å². The lowest BCUT2D eigenvalue weighted by Gasteiger charge is -2.04. The number of rotatable bonds is 6. The summed E-state index contributed by atoms with van der Waals surface area (Å²) in [6.45, 7) is 2.83. The van der Waals surface area contributed by atoms with Gasteiger partial charge in [0.2, 0.25) is 0 Å². The van der Waals surface area contributed by atoms with Gasteiger partial charge >= 0.3 is 0 Å². The maximum atomic E-state index is 5.55. The van der Waals surface area contributed by atoms with E-state index in [1.165, 1.54) is 0 Å². The Morgan fingerprint density at radius 2 is 1.87 bits per heavy atom. The fraction of sp³-hybridized carbons (Fsp3) is 0.158. The number of hydrogen-bond donors (Lipinski definition) is 1. The summed E-state index contributed by atoms with van der Waals surface area (Å²) in [7, 11) is 0. The van der Waals surface area contributed by atoms with E-state index in [-0.39, 0.29) is 0 Å². The molecule has 4 nitrogen and oxygen atoms in total. The molecule has 2 aromatic carbocycles. The van der Waals surface area contributed by atoms with E-state index in [1.54, 1.807) is 6.21 Å². The highest BCUT2D eigenvalue weighted by Crippen LogP contribution is 2.14. The van der Waals surface area contributed by atoms with Crippen LogP contribution in [0.2, 0.25) is 0 Å². The van der Waals surface area contributed by atoms with Crippen molar-refractivity contribution >= 4 is 22.9 Å². The summed E-state index contributed by atoms with van der Waals surface area (Å²) in [5.74, 6) is 1.61. The number of ether oxygens (including phenoxy) is 1. The molecule has 0 spiro atoms. The summed E-state index contributed by atoms with van der Waals surface area (Å²) in [6, 6.07) is 19.8. The summed E-state index contributed by atoms with van der Waals surface area (Å²) in [6.07, 6.45) is 2.77. The number of para-hydroxylation sites is 1. The molecule has 0 atom stereocenters. The summed E-state index contributed by atoms with van der Waals surface area (Å²) in [5, 5.41) is 5.35. The van der Waals surface area contributed by atoms with E-state index in [9.17, 15) is 0 Å². The highest BCUT2D eigenvalue weighted by molar-refractivity contribution is 5.81. The Bertz CT molecular complexity index is 797. The molecule has 0 amide bonds. The van der Waals surface area contributed by atoms with Crippen LogP contribution in [0.1, 0.15) is 18.9 Å². The van der Waals surface area contributed by atoms with Crippen LogP contribution in [0.15, 0.2) is 65.8 Å². The van der Waals surface area contributed by atoms with Crippen LogP contribution in [-0.2, 0) is 0 Å². The lowest BCUT2D eigenvalue weighted by molar-refractivity contribution is 0.317. The van der Waals surface area contributed by atoms with Gasteiger partial charge in [-0.3, -0.25) is 5.43 Å². The highest BCUT2D eigenvalue weighted by Gasteiger charge is 1.96. The van der Waals surface area contributed by atoms with E-state index in [0.29, 0.717) is 0 Å². The molecule has 0 unspecified atom stereocenters. The number of anilines is 1. The predicted molar refractivity (Wildman–Crippen MR) is 95.2 cm³/mol. The third-order valence-electron chi connectivity index (χ3n) is 3.34. The number of benzene rings is 2. The minimum Gasteiger partial charge on any atom is -0.494 e. The fourth-order valence-electron chi connectivity index (χ4n) is 2.17. The number of nitrogens with zero attached hydrogens (tertiary/aromatic N) is 2. The van der Waals surface area contributed by atoms with Crippen molar-refractivity contribution in [2.75, 3.05) is 12.0 Å². The molecule has 1 aromatic heterocycles. The molecule has 0 saturated carbocycles. The van der Waals surface area contributed by atoms with Crippen LogP contribution in [-0.4, -0.2) is 17.8 Å². The summed E-state index contributed by atoms with van der Waals surface area (Å²) in [5.41, 5.74) is 4.91. The molecule has 23 heavy (non-hydrogen) atoms. The molecule has 0 aliphatic heterocycles. The Hall–Kier alpha value is -2.88. The summed E-state index contributed by atoms with van der Waals surface area (Å²) < 4.78 is 5.55. The van der Waals surface area contributed by atoms with Crippen LogP contribution in [0.3, 0.4) is 0 Å². The van der Waals surface area contributed by atoms with Crippen molar-refractivity contribution in [1.29, 1.82) is 0 Å². The van der Waals surface area contributed by atoms with E-state index in [2.05, 4.69) is 22.4 Å². The number of hydrogen-bond acceptors (Lipinski definition) is 4. The first kappa shape index (κ1) is 15.0. The van der Waals surface area contributed by atoms with Crippen molar-refractivity contribution in [3.8, 4) is 5.75 Å². The van der Waals surface area contributed by atoms with Gasteiger partial charge in [-0.1, -0.05) is 25.1 Å². The average Bonchev–Trinajstić information content (AvgIpc) is 2.61. The van der Waals surface area contributed by atoms with E-state index in [0.717, 1.165) is 41.1 Å². The molecule has 1 heterocycles. The van der Waals surface area contributed by atoms with Crippen molar-refractivity contribution in [3.63, 3.8) is 0 Å². The molecule has 0 bridgehead atoms. The van der Waals surface area contributed by atoms with E-state index in [4.69, 9.17) is 4.74 Å². The third-order valence-corrected chi connectivity index (χ3v) is 3.34. The van der Waals surface area contributed by atoms with Crippen LogP contribution in [0.4, 0.5) is 5.82 Å². The number of hydrazone groups is 1. The first-order valence-corrected chi connectivity index (χ1v) is 7.73.